The van der Waals surface area contributed by atoms with Crippen molar-refractivity contribution in [2.24, 2.45) is 0 Å². The number of esters is 1. The number of carbonyl (C=O) groups excluding carboxylic acids is 1. The lowest BCUT2D eigenvalue weighted by atomic mass is 10.3. The molecular formula is C15H20N4O2. The number of rotatable bonds is 4. The van der Waals surface area contributed by atoms with Crippen molar-refractivity contribution in [1.29, 1.82) is 5.26 Å². The van der Waals surface area contributed by atoms with Gasteiger partial charge in [-0.15, -0.1) is 0 Å². The number of pyridine rings is 1. The fraction of sp³-hybridized carbons (Fsp3) is 0.533. The average molecular weight is 288 g/mol. The lowest BCUT2D eigenvalue weighted by molar-refractivity contribution is -0.144. The molecule has 1 fully saturated rings. The summed E-state index contributed by atoms with van der Waals surface area (Å²) in [5.41, 5.74) is 1.45. The van der Waals surface area contributed by atoms with Crippen molar-refractivity contribution in [3.8, 4) is 6.07 Å². The highest BCUT2D eigenvalue weighted by Gasteiger charge is 2.17. The van der Waals surface area contributed by atoms with Crippen molar-refractivity contribution in [2.45, 2.75) is 13.3 Å². The fourth-order valence-electron chi connectivity index (χ4n) is 2.42. The molecule has 6 heteroatoms. The van der Waals surface area contributed by atoms with Gasteiger partial charge in [-0.05, 0) is 25.5 Å². The van der Waals surface area contributed by atoms with Crippen molar-refractivity contribution < 1.29 is 9.53 Å². The largest absolute Gasteiger partial charge is 0.465 e. The van der Waals surface area contributed by atoms with Gasteiger partial charge in [0.05, 0.1) is 25.0 Å². The molecular weight excluding hydrogens is 268 g/mol. The van der Waals surface area contributed by atoms with Crippen molar-refractivity contribution in [3.05, 3.63) is 24.0 Å². The topological polar surface area (TPSA) is 69.5 Å². The number of carbonyl (C=O) groups is 1. The SMILES string of the molecule is CCOC(=O)CN1CCCN(c2ccc(C#N)nc2)CC1. The van der Waals surface area contributed by atoms with Gasteiger partial charge < -0.3 is 9.64 Å². The first-order chi connectivity index (χ1) is 10.2. The molecule has 0 amide bonds. The molecule has 1 saturated heterocycles. The molecule has 1 aliphatic rings. The van der Waals surface area contributed by atoms with Crippen LogP contribution < -0.4 is 4.90 Å². The van der Waals surface area contributed by atoms with E-state index in [4.69, 9.17) is 10.00 Å². The van der Waals surface area contributed by atoms with Gasteiger partial charge in [0.1, 0.15) is 11.8 Å². The first-order valence-corrected chi connectivity index (χ1v) is 7.22. The van der Waals surface area contributed by atoms with Crippen LogP contribution in [0, 0.1) is 11.3 Å². The lowest BCUT2D eigenvalue weighted by Crippen LogP contribution is -2.35. The molecule has 0 aliphatic carbocycles. The van der Waals surface area contributed by atoms with Crippen molar-refractivity contribution >= 4 is 11.7 Å². The van der Waals surface area contributed by atoms with E-state index in [2.05, 4.69) is 14.8 Å². The molecule has 2 rings (SSSR count). The highest BCUT2D eigenvalue weighted by molar-refractivity contribution is 5.71. The summed E-state index contributed by atoms with van der Waals surface area (Å²) in [5, 5.41) is 8.77. The number of nitriles is 1. The summed E-state index contributed by atoms with van der Waals surface area (Å²) < 4.78 is 4.99. The Morgan fingerprint density at radius 3 is 2.90 bits per heavy atom. The molecule has 1 aromatic rings. The zero-order valence-electron chi connectivity index (χ0n) is 12.3. The molecule has 1 aromatic heterocycles. The molecule has 0 bridgehead atoms. The molecule has 0 atom stereocenters. The van der Waals surface area contributed by atoms with E-state index in [0.29, 0.717) is 18.8 Å². The highest BCUT2D eigenvalue weighted by atomic mass is 16.5. The van der Waals surface area contributed by atoms with Gasteiger partial charge in [-0.1, -0.05) is 0 Å². The van der Waals surface area contributed by atoms with Crippen LogP contribution in [0.1, 0.15) is 19.0 Å². The number of aromatic nitrogens is 1. The van der Waals surface area contributed by atoms with E-state index in [1.807, 2.05) is 19.1 Å². The fourth-order valence-corrected chi connectivity index (χ4v) is 2.42. The van der Waals surface area contributed by atoms with Crippen LogP contribution in [0.4, 0.5) is 5.69 Å². The molecule has 0 N–H and O–H groups in total. The molecule has 1 aliphatic heterocycles. The second-order valence-electron chi connectivity index (χ2n) is 4.94. The van der Waals surface area contributed by atoms with Gasteiger partial charge in [-0.2, -0.15) is 5.26 Å². The van der Waals surface area contributed by atoms with Crippen LogP contribution in [-0.2, 0) is 9.53 Å². The third kappa shape index (κ3) is 4.43. The predicted octanol–water partition coefficient (Wildman–Crippen LogP) is 1.03. The van der Waals surface area contributed by atoms with Crippen molar-refractivity contribution in [3.63, 3.8) is 0 Å². The van der Waals surface area contributed by atoms with E-state index >= 15 is 0 Å². The molecule has 0 aromatic carbocycles. The highest BCUT2D eigenvalue weighted by Crippen LogP contribution is 2.15. The van der Waals surface area contributed by atoms with Crippen molar-refractivity contribution in [1.82, 2.24) is 9.88 Å². The minimum Gasteiger partial charge on any atom is -0.465 e. The summed E-state index contributed by atoms with van der Waals surface area (Å²) in [6.07, 6.45) is 2.72. The minimum absolute atomic E-state index is 0.161. The molecule has 21 heavy (non-hydrogen) atoms. The Labute approximate surface area is 124 Å². The third-order valence-corrected chi connectivity index (χ3v) is 3.47. The number of nitrogens with zero attached hydrogens (tertiary/aromatic N) is 4. The third-order valence-electron chi connectivity index (χ3n) is 3.47. The Morgan fingerprint density at radius 1 is 1.38 bits per heavy atom. The second-order valence-corrected chi connectivity index (χ2v) is 4.94. The van der Waals surface area contributed by atoms with Crippen LogP contribution in [0.3, 0.4) is 0 Å². The molecule has 0 radical (unpaired) electrons. The molecule has 0 unspecified atom stereocenters. The van der Waals surface area contributed by atoms with Gasteiger partial charge in [-0.3, -0.25) is 9.69 Å². The standard InChI is InChI=1S/C15H20N4O2/c1-2-21-15(20)12-18-6-3-7-19(9-8-18)14-5-4-13(10-16)17-11-14/h4-5,11H,2-3,6-9,12H2,1H3. The molecule has 6 nitrogen and oxygen atoms in total. The molecule has 112 valence electrons. The van der Waals surface area contributed by atoms with Crippen LogP contribution in [0.5, 0.6) is 0 Å². The smallest absolute Gasteiger partial charge is 0.320 e. The Balaban J connectivity index is 1.91. The van der Waals surface area contributed by atoms with E-state index < -0.39 is 0 Å². The minimum atomic E-state index is -0.161. The Bertz CT molecular complexity index is 509. The first-order valence-electron chi connectivity index (χ1n) is 7.22. The Hall–Kier alpha value is -2.13. The van der Waals surface area contributed by atoms with Gasteiger partial charge in [0.2, 0.25) is 0 Å². The van der Waals surface area contributed by atoms with Crippen LogP contribution in [0.15, 0.2) is 18.3 Å². The van der Waals surface area contributed by atoms with Crippen LogP contribution in [-0.4, -0.2) is 55.2 Å². The van der Waals surface area contributed by atoms with Gasteiger partial charge in [-0.25, -0.2) is 4.98 Å². The van der Waals surface area contributed by atoms with Crippen LogP contribution in [0.25, 0.3) is 0 Å². The van der Waals surface area contributed by atoms with Gasteiger partial charge in [0.15, 0.2) is 0 Å². The zero-order chi connectivity index (χ0) is 15.1. The summed E-state index contributed by atoms with van der Waals surface area (Å²) in [5.74, 6) is -0.161. The summed E-state index contributed by atoms with van der Waals surface area (Å²) in [7, 11) is 0. The van der Waals surface area contributed by atoms with Gasteiger partial charge in [0, 0.05) is 26.2 Å². The molecule has 2 heterocycles. The second kappa shape index (κ2) is 7.60. The molecule has 0 saturated carbocycles. The number of hydrogen-bond donors (Lipinski definition) is 0. The maximum Gasteiger partial charge on any atom is 0.320 e. The Morgan fingerprint density at radius 2 is 2.24 bits per heavy atom. The van der Waals surface area contributed by atoms with E-state index in [-0.39, 0.29) is 5.97 Å². The number of ether oxygens (including phenoxy) is 1. The van der Waals surface area contributed by atoms with Crippen molar-refractivity contribution in [2.75, 3.05) is 44.2 Å². The summed E-state index contributed by atoms with van der Waals surface area (Å²) in [6.45, 7) is 6.07. The van der Waals surface area contributed by atoms with E-state index in [0.717, 1.165) is 38.3 Å². The monoisotopic (exact) mass is 288 g/mol. The van der Waals surface area contributed by atoms with Crippen LogP contribution >= 0.6 is 0 Å². The average Bonchev–Trinajstić information content (AvgIpc) is 2.73. The molecule has 0 spiro atoms. The van der Waals surface area contributed by atoms with Gasteiger partial charge >= 0.3 is 5.97 Å². The number of anilines is 1. The maximum absolute atomic E-state index is 11.5. The quantitative estimate of drug-likeness (QED) is 0.771. The summed E-state index contributed by atoms with van der Waals surface area (Å²) in [4.78, 5) is 20.0. The van der Waals surface area contributed by atoms with Gasteiger partial charge in [0.25, 0.3) is 0 Å². The van der Waals surface area contributed by atoms with E-state index in [1.54, 1.807) is 12.3 Å². The zero-order valence-corrected chi connectivity index (χ0v) is 12.3. The first kappa shape index (κ1) is 15.3. The van der Waals surface area contributed by atoms with Crippen LogP contribution in [0.2, 0.25) is 0 Å². The lowest BCUT2D eigenvalue weighted by Gasteiger charge is -2.23. The number of hydrogen-bond acceptors (Lipinski definition) is 6. The van der Waals surface area contributed by atoms with E-state index in [1.165, 1.54) is 0 Å². The normalized spacial score (nSPS) is 16.1. The maximum atomic E-state index is 11.5. The summed E-state index contributed by atoms with van der Waals surface area (Å²) in [6, 6.07) is 5.68. The summed E-state index contributed by atoms with van der Waals surface area (Å²) >= 11 is 0. The predicted molar refractivity (Wildman–Crippen MR) is 78.9 cm³/mol. The Kier molecular flexibility index (Phi) is 5.52. The van der Waals surface area contributed by atoms with E-state index in [9.17, 15) is 4.79 Å².